The second kappa shape index (κ2) is 8.16. The molecule has 148 valence electrons. The normalized spacial score (nSPS) is 10.9. The summed E-state index contributed by atoms with van der Waals surface area (Å²) in [5.41, 5.74) is 0.0559. The van der Waals surface area contributed by atoms with Gasteiger partial charge in [0.15, 0.2) is 4.90 Å². The van der Waals surface area contributed by atoms with Gasteiger partial charge in [-0.25, -0.2) is 14.3 Å². The van der Waals surface area contributed by atoms with Crippen LogP contribution in [0.1, 0.15) is 0 Å². The second-order valence-corrected chi connectivity index (χ2v) is 7.43. The van der Waals surface area contributed by atoms with Gasteiger partial charge in [-0.05, 0) is 12.1 Å². The van der Waals surface area contributed by atoms with Crippen LogP contribution in [0.3, 0.4) is 0 Å². The van der Waals surface area contributed by atoms with Crippen LogP contribution < -0.4 is 15.6 Å². The Balaban J connectivity index is 2.75. The number of nitro groups is 2. The van der Waals surface area contributed by atoms with E-state index in [1.54, 1.807) is 5.43 Å². The monoisotopic (exact) mass is 429 g/mol. The third-order valence-electron chi connectivity index (χ3n) is 3.49. The van der Waals surface area contributed by atoms with Gasteiger partial charge in [-0.2, -0.15) is 0 Å². The first kappa shape index (κ1) is 21.0. The lowest BCUT2D eigenvalue weighted by molar-refractivity contribution is -0.387. The zero-order chi connectivity index (χ0) is 21.1. The molecule has 0 heterocycles. The smallest absolute Gasteiger partial charge is 0.289 e. The molecule has 0 aliphatic heterocycles. The highest BCUT2D eigenvalue weighted by atomic mass is 35.5. The molecule has 1 amide bonds. The van der Waals surface area contributed by atoms with E-state index in [0.29, 0.717) is 4.31 Å². The second-order valence-electron chi connectivity index (χ2n) is 5.20. The Labute approximate surface area is 162 Å². The van der Waals surface area contributed by atoms with E-state index < -0.39 is 54.3 Å². The van der Waals surface area contributed by atoms with Crippen LogP contribution in [0.5, 0.6) is 0 Å². The van der Waals surface area contributed by atoms with Crippen molar-refractivity contribution < 1.29 is 23.1 Å². The average Bonchev–Trinajstić information content (AvgIpc) is 2.66. The zero-order valence-electron chi connectivity index (χ0n) is 13.8. The summed E-state index contributed by atoms with van der Waals surface area (Å²) in [6.45, 7) is -0.925. The lowest BCUT2D eigenvalue weighted by Gasteiger charge is -2.24. The first-order valence-corrected chi connectivity index (χ1v) is 9.11. The van der Waals surface area contributed by atoms with Gasteiger partial charge in [-0.15, -0.1) is 0 Å². The number of nitro benzene ring substituents is 2. The summed E-state index contributed by atoms with van der Waals surface area (Å²) in [6.07, 6.45) is 0. The molecule has 3 N–H and O–H groups in total. The molecule has 12 nitrogen and oxygen atoms in total. The molecule has 2 rings (SSSR count). The van der Waals surface area contributed by atoms with Crippen LogP contribution in [0, 0.1) is 20.2 Å². The number of nitrogens with zero attached hydrogens (tertiary/aromatic N) is 3. The topological polar surface area (TPSA) is 179 Å². The van der Waals surface area contributed by atoms with Crippen molar-refractivity contribution in [3.8, 4) is 0 Å². The number of benzene rings is 2. The van der Waals surface area contributed by atoms with Crippen LogP contribution >= 0.6 is 11.6 Å². The number of rotatable bonds is 7. The van der Waals surface area contributed by atoms with Gasteiger partial charge in [0.05, 0.1) is 20.6 Å². The SMILES string of the molecule is NNC(=O)CN(c1cc([N+](=O)[O-])ccc1Cl)S(=O)(=O)c1ccccc1[N+](=O)[O-]. The number of para-hydroxylation sites is 1. The van der Waals surface area contributed by atoms with Crippen molar-refractivity contribution in [1.29, 1.82) is 0 Å². The Morgan fingerprint density at radius 2 is 1.79 bits per heavy atom. The Morgan fingerprint density at radius 3 is 2.36 bits per heavy atom. The Kier molecular flexibility index (Phi) is 6.12. The molecule has 0 saturated heterocycles. The number of nitrogens with two attached hydrogens (primary N) is 1. The molecule has 0 atom stereocenters. The molecular weight excluding hydrogens is 418 g/mol. The van der Waals surface area contributed by atoms with Gasteiger partial charge >= 0.3 is 0 Å². The molecule has 14 heteroatoms. The zero-order valence-corrected chi connectivity index (χ0v) is 15.4. The van der Waals surface area contributed by atoms with Gasteiger partial charge < -0.3 is 0 Å². The van der Waals surface area contributed by atoms with Crippen LogP contribution in [-0.4, -0.2) is 30.7 Å². The highest BCUT2D eigenvalue weighted by Crippen LogP contribution is 2.35. The van der Waals surface area contributed by atoms with E-state index in [1.165, 1.54) is 12.1 Å². The lowest BCUT2D eigenvalue weighted by Crippen LogP contribution is -2.43. The maximum absolute atomic E-state index is 13.1. The third kappa shape index (κ3) is 4.16. The van der Waals surface area contributed by atoms with Crippen molar-refractivity contribution in [2.75, 3.05) is 10.8 Å². The summed E-state index contributed by atoms with van der Waals surface area (Å²) < 4.78 is 26.6. The predicted molar refractivity (Wildman–Crippen MR) is 98.1 cm³/mol. The highest BCUT2D eigenvalue weighted by molar-refractivity contribution is 7.93. The Morgan fingerprint density at radius 1 is 1.14 bits per heavy atom. The third-order valence-corrected chi connectivity index (χ3v) is 5.61. The number of amides is 1. The fraction of sp³-hybridized carbons (Fsp3) is 0.0714. The maximum atomic E-state index is 13.1. The fourth-order valence-corrected chi connectivity index (χ4v) is 4.09. The molecule has 0 aliphatic carbocycles. The molecule has 0 bridgehead atoms. The Hall–Kier alpha value is -3.29. The van der Waals surface area contributed by atoms with Crippen LogP contribution in [0.4, 0.5) is 17.1 Å². The largest absolute Gasteiger partial charge is 0.293 e. The molecule has 0 radical (unpaired) electrons. The highest BCUT2D eigenvalue weighted by Gasteiger charge is 2.34. The minimum absolute atomic E-state index is 0.238. The molecule has 0 aromatic heterocycles. The van der Waals surface area contributed by atoms with Crippen molar-refractivity contribution in [3.05, 3.63) is 67.7 Å². The molecule has 2 aromatic carbocycles. The molecule has 0 aliphatic rings. The lowest BCUT2D eigenvalue weighted by atomic mass is 10.3. The number of nitrogens with one attached hydrogen (secondary N) is 1. The number of hydrogen-bond donors (Lipinski definition) is 2. The van der Waals surface area contributed by atoms with Gasteiger partial charge in [0.25, 0.3) is 27.3 Å². The number of hydrogen-bond acceptors (Lipinski definition) is 8. The van der Waals surface area contributed by atoms with Crippen LogP contribution in [-0.2, 0) is 14.8 Å². The summed E-state index contributed by atoms with van der Waals surface area (Å²) in [5.74, 6) is 4.02. The Bertz CT molecular complexity index is 1060. The van der Waals surface area contributed by atoms with Crippen molar-refractivity contribution in [1.82, 2.24) is 5.43 Å². The molecule has 0 saturated carbocycles. The minimum atomic E-state index is -4.73. The maximum Gasteiger partial charge on any atom is 0.289 e. The van der Waals surface area contributed by atoms with E-state index in [9.17, 15) is 33.4 Å². The van der Waals surface area contributed by atoms with Crippen LogP contribution in [0.2, 0.25) is 5.02 Å². The van der Waals surface area contributed by atoms with Gasteiger partial charge in [0.1, 0.15) is 6.54 Å². The van der Waals surface area contributed by atoms with E-state index in [1.807, 2.05) is 0 Å². The standard InChI is InChI=1S/C14H12ClN5O7S/c15-10-6-5-9(19(22)23)7-12(10)18(8-14(21)17-16)28(26,27)13-4-2-1-3-11(13)20(24)25/h1-7H,8,16H2,(H,17,21). The molecule has 2 aromatic rings. The molecule has 0 fully saturated rings. The summed E-state index contributed by atoms with van der Waals surface area (Å²) in [7, 11) is -4.73. The van der Waals surface area contributed by atoms with Gasteiger partial charge in [0, 0.05) is 18.2 Å². The van der Waals surface area contributed by atoms with E-state index in [-0.39, 0.29) is 5.02 Å². The van der Waals surface area contributed by atoms with E-state index in [4.69, 9.17) is 17.4 Å². The van der Waals surface area contributed by atoms with Crippen LogP contribution in [0.15, 0.2) is 47.4 Å². The van der Waals surface area contributed by atoms with Crippen molar-refractivity contribution in [3.63, 3.8) is 0 Å². The fourth-order valence-electron chi connectivity index (χ4n) is 2.23. The quantitative estimate of drug-likeness (QED) is 0.286. The number of sulfonamides is 1. The molecular formula is C14H12ClN5O7S. The molecule has 28 heavy (non-hydrogen) atoms. The number of hydrazine groups is 1. The minimum Gasteiger partial charge on any atom is -0.293 e. The summed E-state index contributed by atoms with van der Waals surface area (Å²) in [4.78, 5) is 31.6. The molecule has 0 spiro atoms. The number of carbonyl (C=O) groups excluding carboxylic acids is 1. The van der Waals surface area contributed by atoms with E-state index >= 15 is 0 Å². The van der Waals surface area contributed by atoms with Gasteiger partial charge in [-0.3, -0.25) is 34.8 Å². The summed E-state index contributed by atoms with van der Waals surface area (Å²) >= 11 is 5.99. The summed E-state index contributed by atoms with van der Waals surface area (Å²) in [5, 5.41) is 22.0. The van der Waals surface area contributed by atoms with E-state index in [2.05, 4.69) is 0 Å². The number of anilines is 1. The van der Waals surface area contributed by atoms with E-state index in [0.717, 1.165) is 30.3 Å². The van der Waals surface area contributed by atoms with Crippen molar-refractivity contribution in [2.24, 2.45) is 5.84 Å². The van der Waals surface area contributed by atoms with Crippen molar-refractivity contribution in [2.45, 2.75) is 4.90 Å². The van der Waals surface area contributed by atoms with Crippen molar-refractivity contribution >= 4 is 44.6 Å². The average molecular weight is 430 g/mol. The van der Waals surface area contributed by atoms with Crippen LogP contribution in [0.25, 0.3) is 0 Å². The van der Waals surface area contributed by atoms with Gasteiger partial charge in [0.2, 0.25) is 0 Å². The number of non-ortho nitro benzene ring substituents is 1. The molecule has 0 unspecified atom stereocenters. The first-order valence-electron chi connectivity index (χ1n) is 7.29. The first-order chi connectivity index (χ1) is 13.1. The number of carbonyl (C=O) groups is 1. The number of halogens is 1. The summed E-state index contributed by atoms with van der Waals surface area (Å²) in [6, 6.07) is 7.36. The predicted octanol–water partition coefficient (Wildman–Crippen LogP) is 1.34. The van der Waals surface area contributed by atoms with Gasteiger partial charge in [-0.1, -0.05) is 23.7 Å².